The number of amides is 1. The van der Waals surface area contributed by atoms with Crippen LogP contribution >= 0.6 is 0 Å². The molecular weight excluding hydrogens is 437 g/mol. The summed E-state index contributed by atoms with van der Waals surface area (Å²) in [4.78, 5) is 26.1. The maximum Gasteiger partial charge on any atom is 0.315 e. The summed E-state index contributed by atoms with van der Waals surface area (Å²) in [6.07, 6.45) is 0.00510. The molecule has 174 valence electrons. The van der Waals surface area contributed by atoms with Gasteiger partial charge in [0, 0.05) is 38.1 Å². The van der Waals surface area contributed by atoms with Gasteiger partial charge in [0.25, 0.3) is 5.91 Å². The summed E-state index contributed by atoms with van der Waals surface area (Å²) in [6.45, 7) is 2.16. The summed E-state index contributed by atoms with van der Waals surface area (Å²) in [5, 5.41) is 5.94. The van der Waals surface area contributed by atoms with Crippen molar-refractivity contribution < 1.29 is 22.7 Å². The van der Waals surface area contributed by atoms with Gasteiger partial charge in [-0.25, -0.2) is 14.4 Å². The number of alkyl halides is 2. The monoisotopic (exact) mass is 460 g/mol. The molecule has 0 spiro atoms. The molecule has 3 aromatic rings. The summed E-state index contributed by atoms with van der Waals surface area (Å²) in [6, 6.07) is 6.44. The number of ether oxygens (including phenoxy) is 1. The first kappa shape index (κ1) is 22.7. The molecule has 0 bridgehead atoms. The average Bonchev–Trinajstić information content (AvgIpc) is 2.81. The third-order valence-electron chi connectivity index (χ3n) is 5.46. The van der Waals surface area contributed by atoms with Crippen LogP contribution in [0.3, 0.4) is 0 Å². The van der Waals surface area contributed by atoms with Crippen LogP contribution in [-0.4, -0.2) is 71.1 Å². The van der Waals surface area contributed by atoms with Crippen LogP contribution in [0, 0.1) is 5.82 Å². The van der Waals surface area contributed by atoms with Crippen LogP contribution in [0.4, 0.5) is 24.7 Å². The van der Waals surface area contributed by atoms with Gasteiger partial charge in [-0.15, -0.1) is 0 Å². The lowest BCUT2D eigenvalue weighted by Gasteiger charge is -2.40. The Morgan fingerprint density at radius 1 is 1.27 bits per heavy atom. The van der Waals surface area contributed by atoms with Crippen molar-refractivity contribution in [3.05, 3.63) is 42.5 Å². The minimum Gasteiger partial charge on any atom is -0.386 e. The lowest BCUT2D eigenvalue weighted by molar-refractivity contribution is -0.157. The van der Waals surface area contributed by atoms with Crippen LogP contribution in [0.25, 0.3) is 22.3 Å². The molecule has 11 heteroatoms. The van der Waals surface area contributed by atoms with Crippen molar-refractivity contribution in [2.24, 2.45) is 0 Å². The quantitative estimate of drug-likeness (QED) is 0.584. The number of carbonyl (C=O) groups is 1. The molecule has 33 heavy (non-hydrogen) atoms. The molecular formula is C22H23F3N6O2. The van der Waals surface area contributed by atoms with E-state index >= 15 is 0 Å². The van der Waals surface area contributed by atoms with Crippen molar-refractivity contribution in [3.63, 3.8) is 0 Å². The van der Waals surface area contributed by atoms with Crippen LogP contribution in [-0.2, 0) is 9.53 Å². The van der Waals surface area contributed by atoms with Crippen molar-refractivity contribution in [3.8, 4) is 11.3 Å². The number of fused-ring (bicyclic) bond motifs is 1. The number of nitrogens with zero attached hydrogens (tertiary/aromatic N) is 4. The Kier molecular flexibility index (Phi) is 6.32. The first-order chi connectivity index (χ1) is 15.8. The highest BCUT2D eigenvalue weighted by atomic mass is 19.3. The molecule has 2 aromatic heterocycles. The molecule has 1 fully saturated rings. The van der Waals surface area contributed by atoms with Crippen molar-refractivity contribution in [1.29, 1.82) is 0 Å². The molecule has 1 aromatic carbocycles. The first-order valence-electron chi connectivity index (χ1n) is 10.3. The van der Waals surface area contributed by atoms with Gasteiger partial charge in [0.1, 0.15) is 16.9 Å². The van der Waals surface area contributed by atoms with E-state index in [1.54, 1.807) is 38.4 Å². The summed E-state index contributed by atoms with van der Waals surface area (Å²) in [7, 11) is 1.63. The average molecular weight is 460 g/mol. The highest BCUT2D eigenvalue weighted by Crippen LogP contribution is 2.28. The number of anilines is 2. The van der Waals surface area contributed by atoms with E-state index in [-0.39, 0.29) is 26.2 Å². The normalized spacial score (nSPS) is 18.5. The van der Waals surface area contributed by atoms with E-state index in [1.807, 2.05) is 0 Å². The fourth-order valence-corrected chi connectivity index (χ4v) is 3.75. The Morgan fingerprint density at radius 3 is 2.79 bits per heavy atom. The topological polar surface area (TPSA) is 92.3 Å². The Hall–Kier alpha value is -3.47. The van der Waals surface area contributed by atoms with Crippen LogP contribution in [0.1, 0.15) is 6.92 Å². The van der Waals surface area contributed by atoms with Crippen LogP contribution in [0.15, 0.2) is 36.7 Å². The van der Waals surface area contributed by atoms with E-state index in [9.17, 15) is 18.0 Å². The van der Waals surface area contributed by atoms with Crippen molar-refractivity contribution in [2.75, 3.05) is 43.9 Å². The van der Waals surface area contributed by atoms with Crippen molar-refractivity contribution >= 4 is 28.4 Å². The molecule has 0 radical (unpaired) electrons. The number of hydrogen-bond acceptors (Lipinski definition) is 7. The van der Waals surface area contributed by atoms with Gasteiger partial charge < -0.3 is 20.3 Å². The van der Waals surface area contributed by atoms with Gasteiger partial charge in [0.15, 0.2) is 5.82 Å². The maximum absolute atomic E-state index is 14.3. The van der Waals surface area contributed by atoms with Crippen LogP contribution in [0.2, 0.25) is 0 Å². The van der Waals surface area contributed by atoms with Gasteiger partial charge in [0.05, 0.1) is 30.0 Å². The molecule has 0 saturated carbocycles. The van der Waals surface area contributed by atoms with Gasteiger partial charge in [-0.2, -0.15) is 8.78 Å². The van der Waals surface area contributed by atoms with Crippen LogP contribution < -0.4 is 10.6 Å². The molecule has 4 rings (SSSR count). The Morgan fingerprint density at radius 2 is 2.06 bits per heavy atom. The second-order valence-corrected chi connectivity index (χ2v) is 7.94. The van der Waals surface area contributed by atoms with E-state index < -0.39 is 23.8 Å². The smallest absolute Gasteiger partial charge is 0.315 e. The SMILES string of the molecule is CNc1ccc(-c2cc3nccnc3c(NCC3(C)CN(C(=O)C(F)F)CCO3)n2)cc1F. The number of halogens is 3. The van der Waals surface area contributed by atoms with E-state index in [0.29, 0.717) is 33.8 Å². The Labute approximate surface area is 188 Å². The number of hydrogen-bond donors (Lipinski definition) is 2. The lowest BCUT2D eigenvalue weighted by atomic mass is 10.0. The number of morpholine rings is 1. The summed E-state index contributed by atoms with van der Waals surface area (Å²) in [5.74, 6) is -1.25. The minimum atomic E-state index is -3.06. The largest absolute Gasteiger partial charge is 0.386 e. The minimum absolute atomic E-state index is 0.00314. The van der Waals surface area contributed by atoms with Gasteiger partial charge in [0.2, 0.25) is 0 Å². The number of pyridine rings is 1. The van der Waals surface area contributed by atoms with Crippen molar-refractivity contribution in [1.82, 2.24) is 19.9 Å². The fraction of sp³-hybridized carbons (Fsp3) is 0.364. The van der Waals surface area contributed by atoms with E-state index in [1.165, 1.54) is 12.3 Å². The molecule has 1 saturated heterocycles. The summed E-state index contributed by atoms with van der Waals surface area (Å²) in [5.41, 5.74) is 1.52. The van der Waals surface area contributed by atoms with E-state index in [4.69, 9.17) is 4.74 Å². The predicted molar refractivity (Wildman–Crippen MR) is 118 cm³/mol. The fourth-order valence-electron chi connectivity index (χ4n) is 3.75. The number of benzene rings is 1. The molecule has 1 atom stereocenters. The Bertz CT molecular complexity index is 1180. The third kappa shape index (κ3) is 4.82. The standard InChI is InChI=1S/C22H23F3N6O2/c1-22(12-31(7-8-33-22)21(32)19(24)25)11-29-20-18-17(27-5-6-28-18)10-16(30-20)13-3-4-15(26-2)14(23)9-13/h3-6,9-10,19,26H,7-8,11-12H2,1-2H3,(H,29,30). The van der Waals surface area contributed by atoms with E-state index in [2.05, 4.69) is 25.6 Å². The van der Waals surface area contributed by atoms with Crippen LogP contribution in [0.5, 0.6) is 0 Å². The zero-order valence-electron chi connectivity index (χ0n) is 18.1. The van der Waals surface area contributed by atoms with Gasteiger partial charge in [-0.05, 0) is 25.1 Å². The molecule has 1 unspecified atom stereocenters. The molecule has 1 aliphatic heterocycles. The summed E-state index contributed by atoms with van der Waals surface area (Å²) < 4.78 is 45.8. The van der Waals surface area contributed by atoms with Gasteiger partial charge in [-0.1, -0.05) is 6.07 Å². The van der Waals surface area contributed by atoms with Crippen molar-refractivity contribution in [2.45, 2.75) is 19.0 Å². The number of rotatable bonds is 6. The molecule has 1 amide bonds. The summed E-state index contributed by atoms with van der Waals surface area (Å²) >= 11 is 0. The predicted octanol–water partition coefficient (Wildman–Crippen LogP) is 3.17. The highest BCUT2D eigenvalue weighted by molar-refractivity contribution is 5.88. The second-order valence-electron chi connectivity index (χ2n) is 7.94. The molecule has 8 nitrogen and oxygen atoms in total. The third-order valence-corrected chi connectivity index (χ3v) is 5.46. The van der Waals surface area contributed by atoms with E-state index in [0.717, 1.165) is 4.90 Å². The van der Waals surface area contributed by atoms with Gasteiger partial charge in [-0.3, -0.25) is 9.78 Å². The molecule has 3 heterocycles. The number of nitrogens with one attached hydrogen (secondary N) is 2. The molecule has 1 aliphatic rings. The maximum atomic E-state index is 14.3. The molecule has 0 aliphatic carbocycles. The zero-order chi connectivity index (χ0) is 23.6. The highest BCUT2D eigenvalue weighted by Gasteiger charge is 2.36. The number of aromatic nitrogens is 3. The number of carbonyl (C=O) groups excluding carboxylic acids is 1. The lowest BCUT2D eigenvalue weighted by Crippen LogP contribution is -2.56. The van der Waals surface area contributed by atoms with Gasteiger partial charge >= 0.3 is 6.43 Å². The molecule has 2 N–H and O–H groups in total. The first-order valence-corrected chi connectivity index (χ1v) is 10.3. The Balaban J connectivity index is 1.62. The zero-order valence-corrected chi connectivity index (χ0v) is 18.1. The second kappa shape index (κ2) is 9.18.